The molecule has 0 saturated carbocycles. The van der Waals surface area contributed by atoms with Crippen molar-refractivity contribution in [1.29, 1.82) is 5.26 Å². The van der Waals surface area contributed by atoms with Crippen molar-refractivity contribution in [3.63, 3.8) is 0 Å². The number of ketones is 1. The van der Waals surface area contributed by atoms with E-state index >= 15 is 0 Å². The monoisotopic (exact) mass is 616 g/mol. The number of nitrogens with two attached hydrogens (primary N) is 1. The third-order valence-electron chi connectivity index (χ3n) is 7.48. The van der Waals surface area contributed by atoms with Gasteiger partial charge in [0.05, 0.1) is 43.2 Å². The summed E-state index contributed by atoms with van der Waals surface area (Å²) >= 11 is 2.48. The summed E-state index contributed by atoms with van der Waals surface area (Å²) in [5, 5.41) is 22.3. The molecule has 2 heterocycles. The molecule has 1 aromatic heterocycles. The van der Waals surface area contributed by atoms with Crippen LogP contribution < -0.4 is 25.4 Å². The zero-order valence-corrected chi connectivity index (χ0v) is 26.2. The fourth-order valence-electron chi connectivity index (χ4n) is 5.52. The molecule has 3 N–H and O–H groups in total. The van der Waals surface area contributed by atoms with Gasteiger partial charge in [-0.15, -0.1) is 10.2 Å². The number of carbonyl (C=O) groups is 2. The van der Waals surface area contributed by atoms with E-state index in [4.69, 9.17) is 15.2 Å². The quantitative estimate of drug-likeness (QED) is 0.310. The lowest BCUT2D eigenvalue weighted by Crippen LogP contribution is -2.42. The first-order valence-corrected chi connectivity index (χ1v) is 15.4. The van der Waals surface area contributed by atoms with E-state index in [1.54, 1.807) is 30.2 Å². The number of methoxy groups -OCH3 is 2. The van der Waals surface area contributed by atoms with Crippen molar-refractivity contribution in [3.8, 4) is 17.6 Å². The fraction of sp³-hybridized carbons (Fsp3) is 0.323. The van der Waals surface area contributed by atoms with E-state index in [2.05, 4.69) is 21.6 Å². The molecule has 1 amide bonds. The number of hydrogen-bond donors (Lipinski definition) is 2. The second-order valence-electron chi connectivity index (χ2n) is 11.1. The smallest absolute Gasteiger partial charge is 0.234 e. The molecular formula is C31H32N6O4S2. The third kappa shape index (κ3) is 5.96. The van der Waals surface area contributed by atoms with Gasteiger partial charge < -0.3 is 20.5 Å². The molecule has 0 radical (unpaired) electrons. The number of amides is 1. The van der Waals surface area contributed by atoms with Crippen LogP contribution in [-0.4, -0.2) is 41.9 Å². The van der Waals surface area contributed by atoms with Gasteiger partial charge in [-0.05, 0) is 42.0 Å². The summed E-state index contributed by atoms with van der Waals surface area (Å²) < 4.78 is 11.1. The predicted molar refractivity (Wildman–Crippen MR) is 167 cm³/mol. The molecule has 1 aliphatic heterocycles. The number of hydrogen-bond acceptors (Lipinski definition) is 11. The van der Waals surface area contributed by atoms with Crippen LogP contribution in [0.4, 0.5) is 10.8 Å². The summed E-state index contributed by atoms with van der Waals surface area (Å²) in [4.78, 5) is 28.2. The number of ether oxygens (including phenoxy) is 2. The van der Waals surface area contributed by atoms with Crippen LogP contribution in [0.5, 0.6) is 11.5 Å². The van der Waals surface area contributed by atoms with E-state index in [0.717, 1.165) is 16.8 Å². The van der Waals surface area contributed by atoms with Crippen LogP contribution >= 0.6 is 23.1 Å². The van der Waals surface area contributed by atoms with Gasteiger partial charge in [-0.25, -0.2) is 0 Å². The molecule has 5 rings (SSSR count). The van der Waals surface area contributed by atoms with E-state index in [1.165, 1.54) is 30.2 Å². The fourth-order valence-corrected chi connectivity index (χ4v) is 7.20. The summed E-state index contributed by atoms with van der Waals surface area (Å²) in [7, 11) is 3.08. The Morgan fingerprint density at radius 1 is 1.21 bits per heavy atom. The lowest BCUT2D eigenvalue weighted by Gasteiger charge is -2.42. The third-order valence-corrected chi connectivity index (χ3v) is 9.52. The molecule has 0 bridgehead atoms. The van der Waals surface area contributed by atoms with Gasteiger partial charge in [0.25, 0.3) is 0 Å². The SMILES string of the molecule is COc1ccc(NC(=O)CSc2nnc(N3C(N)=C(C#N)C(c4ccccc4C)C4=C3CC(C)(C)CC4=O)s2)c(OC)c1. The van der Waals surface area contributed by atoms with Gasteiger partial charge in [0.1, 0.15) is 17.3 Å². The Balaban J connectivity index is 1.44. The van der Waals surface area contributed by atoms with E-state index in [9.17, 15) is 14.9 Å². The van der Waals surface area contributed by atoms with Gasteiger partial charge in [-0.1, -0.05) is 61.2 Å². The van der Waals surface area contributed by atoms with Gasteiger partial charge in [0.2, 0.25) is 11.0 Å². The molecule has 43 heavy (non-hydrogen) atoms. The number of rotatable bonds is 8. The molecule has 1 aliphatic carbocycles. The highest BCUT2D eigenvalue weighted by molar-refractivity contribution is 8.01. The van der Waals surface area contributed by atoms with Gasteiger partial charge in [0, 0.05) is 23.8 Å². The largest absolute Gasteiger partial charge is 0.497 e. The van der Waals surface area contributed by atoms with Gasteiger partial charge in [0.15, 0.2) is 10.1 Å². The number of Topliss-reactive ketones (excluding diaryl/α,β-unsaturated/α-hetero) is 1. The summed E-state index contributed by atoms with van der Waals surface area (Å²) in [6.07, 6.45) is 0.940. The highest BCUT2D eigenvalue weighted by Crippen LogP contribution is 2.51. The number of carbonyl (C=O) groups excluding carboxylic acids is 2. The average Bonchev–Trinajstić information content (AvgIpc) is 3.44. The molecule has 2 aromatic carbocycles. The summed E-state index contributed by atoms with van der Waals surface area (Å²) in [5.41, 5.74) is 10.4. The van der Waals surface area contributed by atoms with Crippen LogP contribution in [0.1, 0.15) is 43.7 Å². The molecule has 0 spiro atoms. The lowest BCUT2D eigenvalue weighted by molar-refractivity contribution is -0.118. The summed E-state index contributed by atoms with van der Waals surface area (Å²) in [5.74, 6) is 0.596. The average molecular weight is 617 g/mol. The minimum atomic E-state index is -0.554. The van der Waals surface area contributed by atoms with Crippen LogP contribution in [-0.2, 0) is 9.59 Å². The number of nitrogens with zero attached hydrogens (tertiary/aromatic N) is 4. The van der Waals surface area contributed by atoms with E-state index in [-0.39, 0.29) is 28.7 Å². The molecule has 0 saturated heterocycles. The molecule has 10 nitrogen and oxygen atoms in total. The number of aromatic nitrogens is 2. The molecule has 12 heteroatoms. The second-order valence-corrected chi connectivity index (χ2v) is 13.3. The maximum atomic E-state index is 13.7. The van der Waals surface area contributed by atoms with Gasteiger partial charge in [-0.3, -0.25) is 14.5 Å². The minimum absolute atomic E-state index is 0.00509. The number of thioether (sulfide) groups is 1. The zero-order valence-electron chi connectivity index (χ0n) is 24.6. The van der Waals surface area contributed by atoms with E-state index in [1.807, 2.05) is 45.0 Å². The Morgan fingerprint density at radius 2 is 1.98 bits per heavy atom. The summed E-state index contributed by atoms with van der Waals surface area (Å²) in [6, 6.07) is 15.2. The van der Waals surface area contributed by atoms with Crippen molar-refractivity contribution in [2.75, 3.05) is 30.2 Å². The van der Waals surface area contributed by atoms with Crippen LogP contribution in [0.25, 0.3) is 0 Å². The topological polar surface area (TPSA) is 143 Å². The molecule has 1 atom stereocenters. The van der Waals surface area contributed by atoms with Crippen molar-refractivity contribution in [2.24, 2.45) is 11.1 Å². The Bertz CT molecular complexity index is 1700. The molecule has 3 aromatic rings. The number of nitrogens with one attached hydrogen (secondary N) is 1. The molecule has 0 fully saturated rings. The molecule has 1 unspecified atom stereocenters. The number of nitriles is 1. The van der Waals surface area contributed by atoms with Gasteiger partial charge >= 0.3 is 0 Å². The number of aryl methyl sites for hydroxylation is 1. The van der Waals surface area contributed by atoms with Crippen LogP contribution in [0, 0.1) is 23.7 Å². The predicted octanol–water partition coefficient (Wildman–Crippen LogP) is 5.54. The maximum absolute atomic E-state index is 13.7. The maximum Gasteiger partial charge on any atom is 0.234 e. The second kappa shape index (κ2) is 12.1. The van der Waals surface area contributed by atoms with E-state index < -0.39 is 5.92 Å². The Morgan fingerprint density at radius 3 is 2.67 bits per heavy atom. The van der Waals surface area contributed by atoms with Crippen molar-refractivity contribution in [1.82, 2.24) is 10.2 Å². The van der Waals surface area contributed by atoms with Gasteiger partial charge in [-0.2, -0.15) is 5.26 Å². The standard InChI is InChI=1S/C31H32N6O4S2/c1-17-8-6-7-9-19(17)26-20(15-32)28(33)37(22-13-31(2,3)14-23(38)27(22)26)29-35-36-30(43-29)42-16-25(39)34-21-11-10-18(40-4)12-24(21)41-5/h6-12,26H,13-14,16,33H2,1-5H3,(H,34,39). The van der Waals surface area contributed by atoms with Crippen molar-refractivity contribution < 1.29 is 19.1 Å². The van der Waals surface area contributed by atoms with Crippen molar-refractivity contribution in [2.45, 2.75) is 43.9 Å². The zero-order chi connectivity index (χ0) is 30.9. The van der Waals surface area contributed by atoms with Crippen LogP contribution in [0.15, 0.2) is 69.5 Å². The normalized spacial score (nSPS) is 17.8. The summed E-state index contributed by atoms with van der Waals surface area (Å²) in [6.45, 7) is 6.07. The Labute approximate surface area is 258 Å². The molecule has 2 aliphatic rings. The number of benzene rings is 2. The van der Waals surface area contributed by atoms with Crippen LogP contribution in [0.3, 0.4) is 0 Å². The van der Waals surface area contributed by atoms with Crippen molar-refractivity contribution in [3.05, 3.63) is 76.3 Å². The first-order chi connectivity index (χ1) is 20.6. The van der Waals surface area contributed by atoms with E-state index in [0.29, 0.717) is 50.6 Å². The molecule has 222 valence electrons. The van der Waals surface area contributed by atoms with Crippen molar-refractivity contribution >= 4 is 45.6 Å². The number of allylic oxidation sites excluding steroid dienone is 3. The lowest BCUT2D eigenvalue weighted by atomic mass is 9.68. The first kappa shape index (κ1) is 30.1. The highest BCUT2D eigenvalue weighted by atomic mass is 32.2. The number of anilines is 2. The molecular weight excluding hydrogens is 585 g/mol. The highest BCUT2D eigenvalue weighted by Gasteiger charge is 2.45. The Hall–Kier alpha value is -4.34. The Kier molecular flexibility index (Phi) is 8.48. The first-order valence-electron chi connectivity index (χ1n) is 13.6. The van der Waals surface area contributed by atoms with Crippen LogP contribution in [0.2, 0.25) is 0 Å². The minimum Gasteiger partial charge on any atom is -0.497 e.